The van der Waals surface area contributed by atoms with E-state index in [1.807, 2.05) is 18.2 Å². The Morgan fingerprint density at radius 2 is 1.88 bits per heavy atom. The SMILES string of the molecule is CCOC(=O)CC(=O)C(OC)c1ccccc1. The fourth-order valence-corrected chi connectivity index (χ4v) is 1.53. The summed E-state index contributed by atoms with van der Waals surface area (Å²) in [7, 11) is 1.45. The Kier molecular flexibility index (Phi) is 5.36. The van der Waals surface area contributed by atoms with Crippen molar-refractivity contribution in [2.45, 2.75) is 19.4 Å². The van der Waals surface area contributed by atoms with Gasteiger partial charge in [0.1, 0.15) is 12.5 Å². The van der Waals surface area contributed by atoms with Crippen molar-refractivity contribution in [1.82, 2.24) is 0 Å². The summed E-state index contributed by atoms with van der Waals surface area (Å²) in [6, 6.07) is 9.07. The van der Waals surface area contributed by atoms with Gasteiger partial charge in [0, 0.05) is 7.11 Å². The summed E-state index contributed by atoms with van der Waals surface area (Å²) in [4.78, 5) is 23.0. The van der Waals surface area contributed by atoms with Crippen molar-refractivity contribution >= 4 is 11.8 Å². The molecular formula is C13H16O4. The zero-order chi connectivity index (χ0) is 12.7. The van der Waals surface area contributed by atoms with E-state index in [1.165, 1.54) is 7.11 Å². The van der Waals surface area contributed by atoms with Gasteiger partial charge in [0.2, 0.25) is 0 Å². The number of ether oxygens (including phenoxy) is 2. The molecule has 0 aliphatic rings. The Morgan fingerprint density at radius 3 is 2.41 bits per heavy atom. The molecule has 0 saturated carbocycles. The molecule has 0 fully saturated rings. The smallest absolute Gasteiger partial charge is 0.313 e. The molecule has 4 heteroatoms. The van der Waals surface area contributed by atoms with Crippen LogP contribution in [0.5, 0.6) is 0 Å². The minimum Gasteiger partial charge on any atom is -0.466 e. The van der Waals surface area contributed by atoms with E-state index in [1.54, 1.807) is 19.1 Å². The molecule has 0 radical (unpaired) electrons. The van der Waals surface area contributed by atoms with Gasteiger partial charge in [-0.05, 0) is 12.5 Å². The van der Waals surface area contributed by atoms with Crippen molar-refractivity contribution in [3.05, 3.63) is 35.9 Å². The average Bonchev–Trinajstić information content (AvgIpc) is 2.31. The van der Waals surface area contributed by atoms with Crippen molar-refractivity contribution in [2.75, 3.05) is 13.7 Å². The minimum atomic E-state index is -0.708. The highest BCUT2D eigenvalue weighted by Gasteiger charge is 2.22. The lowest BCUT2D eigenvalue weighted by Crippen LogP contribution is -2.19. The van der Waals surface area contributed by atoms with Crippen LogP contribution in [0.4, 0.5) is 0 Å². The van der Waals surface area contributed by atoms with Crippen LogP contribution in [-0.2, 0) is 19.1 Å². The second-order valence-electron chi connectivity index (χ2n) is 3.47. The molecule has 17 heavy (non-hydrogen) atoms. The summed E-state index contributed by atoms with van der Waals surface area (Å²) in [6.07, 6.45) is -0.970. The highest BCUT2D eigenvalue weighted by atomic mass is 16.5. The molecule has 1 rings (SSSR count). The predicted octanol–water partition coefficient (Wildman–Crippen LogP) is 1.90. The average molecular weight is 236 g/mol. The number of benzene rings is 1. The molecule has 1 aromatic carbocycles. The molecule has 1 unspecified atom stereocenters. The van der Waals surface area contributed by atoms with Gasteiger partial charge in [-0.25, -0.2) is 0 Å². The minimum absolute atomic E-state index is 0.263. The van der Waals surface area contributed by atoms with Crippen LogP contribution in [0, 0.1) is 0 Å². The maximum absolute atomic E-state index is 11.8. The molecule has 0 bridgehead atoms. The van der Waals surface area contributed by atoms with Crippen LogP contribution < -0.4 is 0 Å². The quantitative estimate of drug-likeness (QED) is 0.559. The van der Waals surface area contributed by atoms with Crippen molar-refractivity contribution in [3.8, 4) is 0 Å². The van der Waals surface area contributed by atoms with Crippen LogP contribution in [0.1, 0.15) is 25.0 Å². The molecule has 0 heterocycles. The highest BCUT2D eigenvalue weighted by Crippen LogP contribution is 2.18. The molecule has 1 atom stereocenters. The summed E-state index contributed by atoms with van der Waals surface area (Å²) in [5.74, 6) is -0.812. The number of rotatable bonds is 6. The van der Waals surface area contributed by atoms with Crippen LogP contribution >= 0.6 is 0 Å². The van der Waals surface area contributed by atoms with Gasteiger partial charge in [0.05, 0.1) is 6.61 Å². The molecule has 0 N–H and O–H groups in total. The molecule has 4 nitrogen and oxygen atoms in total. The monoisotopic (exact) mass is 236 g/mol. The number of Topliss-reactive ketones (excluding diaryl/α,β-unsaturated/α-hetero) is 1. The van der Waals surface area contributed by atoms with Crippen molar-refractivity contribution in [1.29, 1.82) is 0 Å². The van der Waals surface area contributed by atoms with Gasteiger partial charge in [-0.3, -0.25) is 9.59 Å². The molecular weight excluding hydrogens is 220 g/mol. The standard InChI is InChI=1S/C13H16O4/c1-3-17-12(15)9-11(14)13(16-2)10-7-5-4-6-8-10/h4-8,13H,3,9H2,1-2H3. The normalized spacial score (nSPS) is 11.9. The van der Waals surface area contributed by atoms with Gasteiger partial charge in [-0.1, -0.05) is 30.3 Å². The van der Waals surface area contributed by atoms with Gasteiger partial charge >= 0.3 is 5.97 Å². The molecule has 92 valence electrons. The molecule has 0 amide bonds. The summed E-state index contributed by atoms with van der Waals surface area (Å²) < 4.78 is 9.85. The van der Waals surface area contributed by atoms with E-state index in [0.29, 0.717) is 0 Å². The molecule has 0 saturated heterocycles. The number of carbonyl (C=O) groups is 2. The van der Waals surface area contributed by atoms with Gasteiger partial charge in [-0.2, -0.15) is 0 Å². The molecule has 1 aromatic rings. The van der Waals surface area contributed by atoms with E-state index in [-0.39, 0.29) is 18.8 Å². The van der Waals surface area contributed by atoms with Crippen LogP contribution in [0.2, 0.25) is 0 Å². The molecule has 0 aliphatic heterocycles. The first-order chi connectivity index (χ1) is 8.19. The second kappa shape index (κ2) is 6.81. The summed E-state index contributed by atoms with van der Waals surface area (Å²) in [5.41, 5.74) is 0.740. The first kappa shape index (κ1) is 13.4. The third-order valence-electron chi connectivity index (χ3n) is 2.25. The van der Waals surface area contributed by atoms with E-state index < -0.39 is 12.1 Å². The Balaban J connectivity index is 2.68. The topological polar surface area (TPSA) is 52.6 Å². The Morgan fingerprint density at radius 1 is 1.24 bits per heavy atom. The largest absolute Gasteiger partial charge is 0.466 e. The molecule has 0 aliphatic carbocycles. The van der Waals surface area contributed by atoms with E-state index in [4.69, 9.17) is 9.47 Å². The van der Waals surface area contributed by atoms with Crippen LogP contribution in [0.3, 0.4) is 0 Å². The fourth-order valence-electron chi connectivity index (χ4n) is 1.53. The number of esters is 1. The van der Waals surface area contributed by atoms with Gasteiger partial charge in [-0.15, -0.1) is 0 Å². The fraction of sp³-hybridized carbons (Fsp3) is 0.385. The Bertz CT molecular complexity index is 372. The van der Waals surface area contributed by atoms with E-state index in [2.05, 4.69) is 0 Å². The maximum atomic E-state index is 11.8. The Hall–Kier alpha value is -1.68. The second-order valence-corrected chi connectivity index (χ2v) is 3.47. The molecule has 0 aromatic heterocycles. The van der Waals surface area contributed by atoms with E-state index in [9.17, 15) is 9.59 Å². The Labute approximate surface area is 101 Å². The number of hydrogen-bond acceptors (Lipinski definition) is 4. The lowest BCUT2D eigenvalue weighted by molar-refractivity contribution is -0.147. The number of hydrogen-bond donors (Lipinski definition) is 0. The summed E-state index contributed by atoms with van der Waals surface area (Å²) in [6.45, 7) is 1.97. The maximum Gasteiger partial charge on any atom is 0.313 e. The first-order valence-corrected chi connectivity index (χ1v) is 5.45. The van der Waals surface area contributed by atoms with Crippen LogP contribution in [0.15, 0.2) is 30.3 Å². The third-order valence-corrected chi connectivity index (χ3v) is 2.25. The van der Waals surface area contributed by atoms with Crippen molar-refractivity contribution < 1.29 is 19.1 Å². The third kappa shape index (κ3) is 4.00. The van der Waals surface area contributed by atoms with Crippen molar-refractivity contribution in [2.24, 2.45) is 0 Å². The van der Waals surface area contributed by atoms with Crippen LogP contribution in [-0.4, -0.2) is 25.5 Å². The van der Waals surface area contributed by atoms with Gasteiger partial charge in [0.25, 0.3) is 0 Å². The van der Waals surface area contributed by atoms with E-state index in [0.717, 1.165) is 5.56 Å². The summed E-state index contributed by atoms with van der Waals surface area (Å²) >= 11 is 0. The number of ketones is 1. The summed E-state index contributed by atoms with van der Waals surface area (Å²) in [5, 5.41) is 0. The van der Waals surface area contributed by atoms with E-state index >= 15 is 0 Å². The lowest BCUT2D eigenvalue weighted by atomic mass is 10.0. The number of carbonyl (C=O) groups excluding carboxylic acids is 2. The zero-order valence-corrected chi connectivity index (χ0v) is 10.0. The van der Waals surface area contributed by atoms with Crippen molar-refractivity contribution in [3.63, 3.8) is 0 Å². The lowest BCUT2D eigenvalue weighted by Gasteiger charge is -2.13. The molecule has 0 spiro atoms. The zero-order valence-electron chi connectivity index (χ0n) is 10.0. The highest BCUT2D eigenvalue weighted by molar-refractivity contribution is 5.98. The van der Waals surface area contributed by atoms with Gasteiger partial charge < -0.3 is 9.47 Å². The number of methoxy groups -OCH3 is 1. The van der Waals surface area contributed by atoms with Crippen LogP contribution in [0.25, 0.3) is 0 Å². The van der Waals surface area contributed by atoms with Gasteiger partial charge in [0.15, 0.2) is 5.78 Å². The predicted molar refractivity (Wildman–Crippen MR) is 62.4 cm³/mol. The first-order valence-electron chi connectivity index (χ1n) is 5.45.